The van der Waals surface area contributed by atoms with Gasteiger partial charge in [-0.25, -0.2) is 4.39 Å². The van der Waals surface area contributed by atoms with Crippen LogP contribution in [0.4, 0.5) is 10.1 Å². The van der Waals surface area contributed by atoms with Gasteiger partial charge in [-0.05, 0) is 51.1 Å². The third kappa shape index (κ3) is 5.10. The van der Waals surface area contributed by atoms with Gasteiger partial charge in [0.15, 0.2) is 0 Å². The Bertz CT molecular complexity index is 486. The molecule has 0 bridgehead atoms. The first-order valence-corrected chi connectivity index (χ1v) is 7.52. The normalized spacial score (nSPS) is 18.8. The molecule has 116 valence electrons. The van der Waals surface area contributed by atoms with Gasteiger partial charge in [0.2, 0.25) is 5.91 Å². The highest BCUT2D eigenvalue weighted by atomic mass is 19.1. The summed E-state index contributed by atoms with van der Waals surface area (Å²) < 4.78 is 13.4. The van der Waals surface area contributed by atoms with Gasteiger partial charge in [-0.1, -0.05) is 12.5 Å². The number of aryl methyl sites for hydroxylation is 1. The summed E-state index contributed by atoms with van der Waals surface area (Å²) in [6.45, 7) is 3.93. The van der Waals surface area contributed by atoms with E-state index in [-0.39, 0.29) is 11.7 Å². The highest BCUT2D eigenvalue weighted by molar-refractivity contribution is 5.92. The van der Waals surface area contributed by atoms with Crippen LogP contribution in [0.15, 0.2) is 18.2 Å². The van der Waals surface area contributed by atoms with Gasteiger partial charge in [-0.2, -0.15) is 0 Å². The summed E-state index contributed by atoms with van der Waals surface area (Å²) in [6.07, 6.45) is 3.65. The van der Waals surface area contributed by atoms with E-state index < -0.39 is 0 Å². The van der Waals surface area contributed by atoms with E-state index >= 15 is 0 Å². The minimum absolute atomic E-state index is 0.114. The van der Waals surface area contributed by atoms with Gasteiger partial charge in [-0.3, -0.25) is 9.69 Å². The lowest BCUT2D eigenvalue weighted by molar-refractivity contribution is -0.117. The second kappa shape index (κ2) is 7.52. The van der Waals surface area contributed by atoms with E-state index in [4.69, 9.17) is 0 Å². The van der Waals surface area contributed by atoms with E-state index in [0.717, 1.165) is 19.5 Å². The van der Waals surface area contributed by atoms with Crippen molar-refractivity contribution >= 4 is 11.6 Å². The molecule has 0 spiro atoms. The number of nitrogens with zero attached hydrogens (tertiary/aromatic N) is 1. The molecule has 0 aromatic heterocycles. The number of halogens is 1. The zero-order valence-corrected chi connectivity index (χ0v) is 12.8. The largest absolute Gasteiger partial charge is 0.325 e. The molecular weight excluding hydrogens is 269 g/mol. The highest BCUT2D eigenvalue weighted by Crippen LogP contribution is 2.13. The van der Waals surface area contributed by atoms with Gasteiger partial charge >= 0.3 is 0 Å². The van der Waals surface area contributed by atoms with Crippen molar-refractivity contribution < 1.29 is 9.18 Å². The van der Waals surface area contributed by atoms with Gasteiger partial charge in [0, 0.05) is 18.3 Å². The summed E-state index contributed by atoms with van der Waals surface area (Å²) in [5.41, 5.74) is 1.08. The maximum absolute atomic E-state index is 13.4. The first-order valence-electron chi connectivity index (χ1n) is 7.52. The van der Waals surface area contributed by atoms with Crippen molar-refractivity contribution in [3.05, 3.63) is 29.6 Å². The van der Waals surface area contributed by atoms with Gasteiger partial charge in [0.25, 0.3) is 0 Å². The zero-order valence-electron chi connectivity index (χ0n) is 12.8. The van der Waals surface area contributed by atoms with E-state index in [1.807, 2.05) is 11.9 Å². The zero-order chi connectivity index (χ0) is 15.2. The third-order valence-corrected chi connectivity index (χ3v) is 3.81. The van der Waals surface area contributed by atoms with Gasteiger partial charge < -0.3 is 10.6 Å². The molecule has 1 aliphatic rings. The Morgan fingerprint density at radius 1 is 1.48 bits per heavy atom. The standard InChI is InChI=1S/C16H24FN3O/c1-12-6-7-13(9-15(12)17)19-16(21)11-20(2)10-14-5-3-4-8-18-14/h6-7,9,14,18H,3-5,8,10-11H2,1-2H3,(H,19,21). The number of benzene rings is 1. The number of carbonyl (C=O) groups is 1. The quantitative estimate of drug-likeness (QED) is 0.874. The third-order valence-electron chi connectivity index (χ3n) is 3.81. The minimum atomic E-state index is -0.299. The number of hydrogen-bond donors (Lipinski definition) is 2. The average Bonchev–Trinajstić information content (AvgIpc) is 2.43. The van der Waals surface area contributed by atoms with Crippen LogP contribution >= 0.6 is 0 Å². The lowest BCUT2D eigenvalue weighted by Crippen LogP contribution is -2.44. The summed E-state index contributed by atoms with van der Waals surface area (Å²) in [6, 6.07) is 5.21. The summed E-state index contributed by atoms with van der Waals surface area (Å²) in [4.78, 5) is 14.0. The predicted molar refractivity (Wildman–Crippen MR) is 82.9 cm³/mol. The fourth-order valence-electron chi connectivity index (χ4n) is 2.64. The van der Waals surface area contributed by atoms with Crippen LogP contribution in [0.5, 0.6) is 0 Å². The van der Waals surface area contributed by atoms with Crippen LogP contribution in [-0.4, -0.2) is 43.5 Å². The smallest absolute Gasteiger partial charge is 0.238 e. The molecule has 5 heteroatoms. The molecule has 0 aliphatic carbocycles. The van der Waals surface area contributed by atoms with Crippen molar-refractivity contribution in [1.82, 2.24) is 10.2 Å². The van der Waals surface area contributed by atoms with Crippen molar-refractivity contribution in [1.29, 1.82) is 0 Å². The monoisotopic (exact) mass is 293 g/mol. The molecule has 1 aromatic carbocycles. The summed E-state index contributed by atoms with van der Waals surface area (Å²) in [7, 11) is 1.94. The van der Waals surface area contributed by atoms with Crippen molar-refractivity contribution in [2.75, 3.05) is 32.0 Å². The number of nitrogens with one attached hydrogen (secondary N) is 2. The molecular formula is C16H24FN3O. The van der Waals surface area contributed by atoms with E-state index in [0.29, 0.717) is 23.8 Å². The summed E-state index contributed by atoms with van der Waals surface area (Å²) in [5.74, 6) is -0.413. The van der Waals surface area contributed by atoms with E-state index in [1.165, 1.54) is 18.9 Å². The van der Waals surface area contributed by atoms with Crippen molar-refractivity contribution in [2.45, 2.75) is 32.2 Å². The summed E-state index contributed by atoms with van der Waals surface area (Å²) >= 11 is 0. The fraction of sp³-hybridized carbons (Fsp3) is 0.562. The highest BCUT2D eigenvalue weighted by Gasteiger charge is 2.16. The van der Waals surface area contributed by atoms with Crippen molar-refractivity contribution in [2.24, 2.45) is 0 Å². The van der Waals surface area contributed by atoms with Crippen LogP contribution in [0.25, 0.3) is 0 Å². The van der Waals surface area contributed by atoms with Crippen LogP contribution in [0.2, 0.25) is 0 Å². The number of likely N-dealkylation sites (N-methyl/N-ethyl adjacent to an activating group) is 1. The SMILES string of the molecule is Cc1ccc(NC(=O)CN(C)CC2CCCCN2)cc1F. The maximum Gasteiger partial charge on any atom is 0.238 e. The lowest BCUT2D eigenvalue weighted by atomic mass is 10.0. The van der Waals surface area contributed by atoms with E-state index in [2.05, 4.69) is 10.6 Å². The molecule has 1 aromatic rings. The lowest BCUT2D eigenvalue weighted by Gasteiger charge is -2.27. The van der Waals surface area contributed by atoms with E-state index in [9.17, 15) is 9.18 Å². The molecule has 1 atom stereocenters. The molecule has 1 aliphatic heterocycles. The van der Waals surface area contributed by atoms with Crippen LogP contribution in [-0.2, 0) is 4.79 Å². The van der Waals surface area contributed by atoms with E-state index in [1.54, 1.807) is 19.1 Å². The fourth-order valence-corrected chi connectivity index (χ4v) is 2.64. The molecule has 0 radical (unpaired) electrons. The number of rotatable bonds is 5. The van der Waals surface area contributed by atoms with Crippen LogP contribution < -0.4 is 10.6 Å². The molecule has 1 amide bonds. The molecule has 4 nitrogen and oxygen atoms in total. The summed E-state index contributed by atoms with van der Waals surface area (Å²) in [5, 5.41) is 6.20. The number of hydrogen-bond acceptors (Lipinski definition) is 3. The molecule has 0 saturated carbocycles. The molecule has 1 heterocycles. The Morgan fingerprint density at radius 2 is 2.29 bits per heavy atom. The second-order valence-electron chi connectivity index (χ2n) is 5.86. The predicted octanol–water partition coefficient (Wildman–Crippen LogP) is 2.15. The number of piperidine rings is 1. The maximum atomic E-state index is 13.4. The molecule has 2 N–H and O–H groups in total. The van der Waals surface area contributed by atoms with Crippen LogP contribution in [0.3, 0.4) is 0 Å². The Kier molecular flexibility index (Phi) is 5.70. The van der Waals surface area contributed by atoms with Crippen molar-refractivity contribution in [3.63, 3.8) is 0 Å². The van der Waals surface area contributed by atoms with Gasteiger partial charge in [0.05, 0.1) is 6.54 Å². The molecule has 2 rings (SSSR count). The molecule has 21 heavy (non-hydrogen) atoms. The first-order chi connectivity index (χ1) is 10.0. The van der Waals surface area contributed by atoms with Crippen LogP contribution in [0, 0.1) is 12.7 Å². The Morgan fingerprint density at radius 3 is 2.95 bits per heavy atom. The molecule has 1 saturated heterocycles. The average molecular weight is 293 g/mol. The van der Waals surface area contributed by atoms with Gasteiger partial charge in [0.1, 0.15) is 5.82 Å². The number of amides is 1. The topological polar surface area (TPSA) is 44.4 Å². The minimum Gasteiger partial charge on any atom is -0.325 e. The van der Waals surface area contributed by atoms with Gasteiger partial charge in [-0.15, -0.1) is 0 Å². The number of carbonyl (C=O) groups excluding carboxylic acids is 1. The second-order valence-corrected chi connectivity index (χ2v) is 5.86. The Labute approximate surface area is 125 Å². The van der Waals surface area contributed by atoms with Crippen LogP contribution in [0.1, 0.15) is 24.8 Å². The Balaban J connectivity index is 1.78. The Hall–Kier alpha value is -1.46. The molecule has 1 unspecified atom stereocenters. The molecule has 1 fully saturated rings. The van der Waals surface area contributed by atoms with Crippen molar-refractivity contribution in [3.8, 4) is 0 Å². The number of anilines is 1. The first kappa shape index (κ1) is 15.9.